The van der Waals surface area contributed by atoms with Gasteiger partial charge in [0.1, 0.15) is 11.5 Å². The summed E-state index contributed by atoms with van der Waals surface area (Å²) < 4.78 is 28.9. The molecule has 3 aromatic rings. The number of nitrogens with one attached hydrogen (secondary N) is 1. The summed E-state index contributed by atoms with van der Waals surface area (Å²) in [6, 6.07) is 14.8. The van der Waals surface area contributed by atoms with Gasteiger partial charge in [0.15, 0.2) is 11.5 Å². The summed E-state index contributed by atoms with van der Waals surface area (Å²) in [5, 5.41) is 2.88. The zero-order valence-corrected chi connectivity index (χ0v) is 18.8. The van der Waals surface area contributed by atoms with Crippen molar-refractivity contribution in [1.82, 2.24) is 10.3 Å². The first kappa shape index (κ1) is 22.6. The van der Waals surface area contributed by atoms with Crippen molar-refractivity contribution in [2.45, 2.75) is 25.6 Å². The van der Waals surface area contributed by atoms with Crippen molar-refractivity contribution in [1.29, 1.82) is 0 Å². The first-order valence-corrected chi connectivity index (χ1v) is 11.3. The third kappa shape index (κ3) is 5.73. The Labute approximate surface area is 184 Å². The molecule has 164 valence electrons. The maximum atomic E-state index is 12.6. The van der Waals surface area contributed by atoms with Gasteiger partial charge in [0.05, 0.1) is 31.7 Å². The topological polar surface area (TPSA) is 90.7 Å². The number of amides is 1. The van der Waals surface area contributed by atoms with Gasteiger partial charge in [0.25, 0.3) is 0 Å². The summed E-state index contributed by atoms with van der Waals surface area (Å²) in [4.78, 5) is 16.8. The monoisotopic (exact) mass is 442 g/mol. The van der Waals surface area contributed by atoms with Crippen molar-refractivity contribution in [2.24, 2.45) is 0 Å². The zero-order valence-electron chi connectivity index (χ0n) is 18.0. The molecule has 0 bridgehead atoms. The molecule has 0 fully saturated rings. The van der Waals surface area contributed by atoms with E-state index in [9.17, 15) is 9.00 Å². The number of nitrogens with zero attached hydrogens (tertiary/aromatic N) is 1. The lowest BCUT2D eigenvalue weighted by Crippen LogP contribution is -2.31. The molecule has 1 amide bonds. The summed E-state index contributed by atoms with van der Waals surface area (Å²) >= 11 is 0. The highest BCUT2D eigenvalue weighted by atomic mass is 32.2. The van der Waals surface area contributed by atoms with Crippen molar-refractivity contribution in [2.75, 3.05) is 20.0 Å². The number of hydrogen-bond donors (Lipinski definition) is 1. The van der Waals surface area contributed by atoms with Crippen LogP contribution in [0.5, 0.6) is 11.5 Å². The van der Waals surface area contributed by atoms with Crippen LogP contribution in [0.4, 0.5) is 0 Å². The van der Waals surface area contributed by atoms with E-state index in [1.165, 1.54) is 0 Å². The molecule has 0 radical (unpaired) electrons. The second kappa shape index (κ2) is 10.3. The van der Waals surface area contributed by atoms with Crippen LogP contribution < -0.4 is 14.8 Å². The Kier molecular flexibility index (Phi) is 7.46. The van der Waals surface area contributed by atoms with Crippen LogP contribution in [0.2, 0.25) is 0 Å². The molecular formula is C23H26N2O5S. The number of rotatable bonds is 9. The van der Waals surface area contributed by atoms with Crippen molar-refractivity contribution >= 4 is 16.7 Å². The number of benzene rings is 2. The highest BCUT2D eigenvalue weighted by molar-refractivity contribution is 7.84. The van der Waals surface area contributed by atoms with Crippen LogP contribution in [0.15, 0.2) is 52.9 Å². The molecule has 1 N–H and O–H groups in total. The van der Waals surface area contributed by atoms with Gasteiger partial charge >= 0.3 is 0 Å². The van der Waals surface area contributed by atoms with E-state index in [4.69, 9.17) is 13.9 Å². The molecule has 0 spiro atoms. The van der Waals surface area contributed by atoms with Crippen LogP contribution >= 0.6 is 0 Å². The van der Waals surface area contributed by atoms with Crippen molar-refractivity contribution in [3.63, 3.8) is 0 Å². The zero-order chi connectivity index (χ0) is 22.4. The first-order chi connectivity index (χ1) is 14.9. The molecule has 0 saturated heterocycles. The van der Waals surface area contributed by atoms with E-state index in [2.05, 4.69) is 10.3 Å². The van der Waals surface area contributed by atoms with Gasteiger partial charge < -0.3 is 19.2 Å². The predicted molar refractivity (Wildman–Crippen MR) is 119 cm³/mol. The summed E-state index contributed by atoms with van der Waals surface area (Å²) in [6.07, 6.45) is 0. The largest absolute Gasteiger partial charge is 0.493 e. The van der Waals surface area contributed by atoms with Gasteiger partial charge in [-0.1, -0.05) is 30.3 Å². The lowest BCUT2D eigenvalue weighted by atomic mass is 10.1. The summed E-state index contributed by atoms with van der Waals surface area (Å²) in [5.41, 5.74) is 2.27. The number of ether oxygens (including phenoxy) is 2. The van der Waals surface area contributed by atoms with Crippen LogP contribution in [-0.4, -0.2) is 35.1 Å². The number of methoxy groups -OCH3 is 2. The first-order valence-electron chi connectivity index (χ1n) is 9.79. The lowest BCUT2D eigenvalue weighted by Gasteiger charge is -2.14. The minimum Gasteiger partial charge on any atom is -0.493 e. The Morgan fingerprint density at radius 2 is 1.84 bits per heavy atom. The molecule has 8 heteroatoms. The molecule has 1 heterocycles. The quantitative estimate of drug-likeness (QED) is 0.542. The molecule has 7 nitrogen and oxygen atoms in total. The molecule has 0 unspecified atom stereocenters. The number of carbonyl (C=O) groups is 1. The maximum absolute atomic E-state index is 12.6. The highest BCUT2D eigenvalue weighted by Gasteiger charge is 2.18. The molecule has 0 aliphatic rings. The van der Waals surface area contributed by atoms with E-state index < -0.39 is 10.8 Å². The van der Waals surface area contributed by atoms with Gasteiger partial charge in [-0.05, 0) is 37.6 Å². The number of oxazole rings is 1. The third-order valence-electron chi connectivity index (χ3n) is 4.79. The van der Waals surface area contributed by atoms with Gasteiger partial charge in [-0.25, -0.2) is 4.98 Å². The maximum Gasteiger partial charge on any atom is 0.233 e. The summed E-state index contributed by atoms with van der Waals surface area (Å²) in [7, 11) is 1.71. The molecule has 1 aromatic heterocycles. The second-order valence-corrected chi connectivity index (χ2v) is 8.48. The Bertz CT molecular complexity index is 1070. The summed E-state index contributed by atoms with van der Waals surface area (Å²) in [5.74, 6) is 1.89. The predicted octanol–water partition coefficient (Wildman–Crippen LogP) is 3.79. The number of aryl methyl sites for hydroxylation is 1. The molecular weight excluding hydrogens is 416 g/mol. The van der Waals surface area contributed by atoms with Crippen LogP contribution in [-0.2, 0) is 21.3 Å². The normalized spacial score (nSPS) is 12.8. The van der Waals surface area contributed by atoms with E-state index in [0.717, 1.165) is 5.56 Å². The molecule has 2 atom stereocenters. The average Bonchev–Trinajstić information content (AvgIpc) is 3.13. The highest BCUT2D eigenvalue weighted by Crippen LogP contribution is 2.32. The van der Waals surface area contributed by atoms with Crippen LogP contribution in [0.25, 0.3) is 11.5 Å². The number of hydrogen-bond acceptors (Lipinski definition) is 6. The van der Waals surface area contributed by atoms with Crippen molar-refractivity contribution < 1.29 is 22.9 Å². The fourth-order valence-corrected chi connectivity index (χ4v) is 4.16. The van der Waals surface area contributed by atoms with E-state index >= 15 is 0 Å². The van der Waals surface area contributed by atoms with Crippen LogP contribution in [0.1, 0.15) is 30.0 Å². The minimum atomic E-state index is -1.42. The average molecular weight is 443 g/mol. The van der Waals surface area contributed by atoms with Crippen molar-refractivity contribution in [3.8, 4) is 23.0 Å². The van der Waals surface area contributed by atoms with E-state index in [1.807, 2.05) is 43.3 Å². The Morgan fingerprint density at radius 3 is 2.52 bits per heavy atom. The minimum absolute atomic E-state index is 0.102. The van der Waals surface area contributed by atoms with E-state index in [0.29, 0.717) is 34.4 Å². The van der Waals surface area contributed by atoms with Gasteiger partial charge in [-0.2, -0.15) is 0 Å². The molecule has 2 aromatic carbocycles. The van der Waals surface area contributed by atoms with Gasteiger partial charge in [0, 0.05) is 16.4 Å². The van der Waals surface area contributed by atoms with E-state index in [-0.39, 0.29) is 23.5 Å². The van der Waals surface area contributed by atoms with Crippen molar-refractivity contribution in [3.05, 3.63) is 65.5 Å². The fourth-order valence-electron chi connectivity index (χ4n) is 3.11. The van der Waals surface area contributed by atoms with Crippen LogP contribution in [0, 0.1) is 6.92 Å². The SMILES string of the molecule is COc1ccc(-c2nc(C[S@](=O)CC(=O)N[C@H](C)c3ccccc3)c(C)o2)cc1OC. The lowest BCUT2D eigenvalue weighted by molar-refractivity contribution is -0.119. The second-order valence-electron chi connectivity index (χ2n) is 7.02. The van der Waals surface area contributed by atoms with Gasteiger partial charge in [-0.15, -0.1) is 0 Å². The van der Waals surface area contributed by atoms with Gasteiger partial charge in [0.2, 0.25) is 11.8 Å². The molecule has 0 aliphatic carbocycles. The Hall–Kier alpha value is -3.13. The standard InChI is InChI=1S/C23H26N2O5S/c1-15(17-8-6-5-7-9-17)24-22(26)14-31(27)13-19-16(2)30-23(25-19)18-10-11-20(28-3)21(12-18)29-4/h5-12,15H,13-14H2,1-4H3,(H,24,26)/t15-,31+/m1/s1. The smallest absolute Gasteiger partial charge is 0.233 e. The van der Waals surface area contributed by atoms with Crippen LogP contribution in [0.3, 0.4) is 0 Å². The molecule has 3 rings (SSSR count). The Morgan fingerprint density at radius 1 is 1.13 bits per heavy atom. The summed E-state index contributed by atoms with van der Waals surface area (Å²) in [6.45, 7) is 3.66. The Balaban J connectivity index is 1.63. The third-order valence-corrected chi connectivity index (χ3v) is 5.97. The molecule has 0 aliphatic heterocycles. The van der Waals surface area contributed by atoms with E-state index in [1.54, 1.807) is 33.3 Å². The molecule has 31 heavy (non-hydrogen) atoms. The number of carbonyl (C=O) groups excluding carboxylic acids is 1. The van der Waals surface area contributed by atoms with Gasteiger partial charge in [-0.3, -0.25) is 9.00 Å². The molecule has 0 saturated carbocycles. The number of aromatic nitrogens is 1. The fraction of sp³-hybridized carbons (Fsp3) is 0.304.